The Kier molecular flexibility index (Phi) is 7.89. The molecule has 2 amide bonds. The minimum absolute atomic E-state index is 0.000688. The maximum absolute atomic E-state index is 12.7. The second kappa shape index (κ2) is 10.4. The molecule has 0 saturated heterocycles. The fraction of sp³-hybridized carbons (Fsp3) is 0.400. The Morgan fingerprint density at radius 3 is 2.50 bits per heavy atom. The summed E-state index contributed by atoms with van der Waals surface area (Å²) in [6.07, 6.45) is 3.44. The smallest absolute Gasteiger partial charge is 0.253 e. The molecular weight excluding hydrogens is 330 g/mol. The highest BCUT2D eigenvalue weighted by molar-refractivity contribution is 5.97. The standard InChI is InChI=1S/C20H27N3O3/c1-3-10-23(11-4-2)20(25)16-7-5-8-17(13-16)22-19(24)15-21-14-18-9-6-12-26-18/h5-9,12-13,21H,3-4,10-11,14-15H2,1-2H3,(H,22,24). The van der Waals surface area contributed by atoms with Crippen LogP contribution in [-0.4, -0.2) is 36.3 Å². The molecule has 2 N–H and O–H groups in total. The Morgan fingerprint density at radius 1 is 1.08 bits per heavy atom. The lowest BCUT2D eigenvalue weighted by molar-refractivity contribution is -0.115. The van der Waals surface area contributed by atoms with Crippen LogP contribution in [0.1, 0.15) is 42.8 Å². The largest absolute Gasteiger partial charge is 0.468 e. The number of carbonyl (C=O) groups is 2. The third kappa shape index (κ3) is 6.04. The third-order valence-electron chi connectivity index (χ3n) is 3.83. The second-order valence-corrected chi connectivity index (χ2v) is 6.10. The van der Waals surface area contributed by atoms with Gasteiger partial charge in [0.05, 0.1) is 19.4 Å². The molecule has 0 atom stereocenters. The summed E-state index contributed by atoms with van der Waals surface area (Å²) in [6, 6.07) is 10.7. The Balaban J connectivity index is 1.90. The molecule has 1 aromatic heterocycles. The van der Waals surface area contributed by atoms with Gasteiger partial charge in [-0.05, 0) is 43.2 Å². The predicted octanol–water partition coefficient (Wildman–Crippen LogP) is 3.27. The van der Waals surface area contributed by atoms with Gasteiger partial charge in [0.15, 0.2) is 0 Å². The minimum Gasteiger partial charge on any atom is -0.468 e. The Bertz CT molecular complexity index is 692. The summed E-state index contributed by atoms with van der Waals surface area (Å²) < 4.78 is 5.20. The molecule has 0 saturated carbocycles. The summed E-state index contributed by atoms with van der Waals surface area (Å²) >= 11 is 0. The van der Waals surface area contributed by atoms with Crippen molar-refractivity contribution in [3.05, 3.63) is 54.0 Å². The monoisotopic (exact) mass is 357 g/mol. The third-order valence-corrected chi connectivity index (χ3v) is 3.83. The van der Waals surface area contributed by atoms with Gasteiger partial charge < -0.3 is 20.0 Å². The lowest BCUT2D eigenvalue weighted by atomic mass is 10.1. The van der Waals surface area contributed by atoms with Crippen LogP contribution in [0.15, 0.2) is 47.1 Å². The molecule has 0 aliphatic carbocycles. The van der Waals surface area contributed by atoms with E-state index in [1.165, 1.54) is 0 Å². The molecule has 0 bridgehead atoms. The minimum atomic E-state index is -0.167. The summed E-state index contributed by atoms with van der Waals surface area (Å²) in [4.78, 5) is 26.6. The highest BCUT2D eigenvalue weighted by Gasteiger charge is 2.15. The number of amides is 2. The van der Waals surface area contributed by atoms with Gasteiger partial charge in [0.25, 0.3) is 5.91 Å². The van der Waals surface area contributed by atoms with E-state index in [0.717, 1.165) is 31.7 Å². The van der Waals surface area contributed by atoms with Crippen molar-refractivity contribution in [2.75, 3.05) is 25.0 Å². The van der Waals surface area contributed by atoms with Crippen molar-refractivity contribution in [2.45, 2.75) is 33.2 Å². The second-order valence-electron chi connectivity index (χ2n) is 6.10. The van der Waals surface area contributed by atoms with E-state index in [-0.39, 0.29) is 18.4 Å². The normalized spacial score (nSPS) is 10.5. The molecule has 0 fully saturated rings. The van der Waals surface area contributed by atoms with Crippen LogP contribution >= 0.6 is 0 Å². The van der Waals surface area contributed by atoms with Crippen molar-refractivity contribution >= 4 is 17.5 Å². The molecule has 1 heterocycles. The average molecular weight is 357 g/mol. The van der Waals surface area contributed by atoms with Crippen LogP contribution in [0.25, 0.3) is 0 Å². The Morgan fingerprint density at radius 2 is 1.85 bits per heavy atom. The zero-order valence-electron chi connectivity index (χ0n) is 15.5. The van der Waals surface area contributed by atoms with E-state index in [1.807, 2.05) is 11.0 Å². The van der Waals surface area contributed by atoms with E-state index in [4.69, 9.17) is 4.42 Å². The van der Waals surface area contributed by atoms with E-state index >= 15 is 0 Å². The number of hydrogen-bond donors (Lipinski definition) is 2. The van der Waals surface area contributed by atoms with Gasteiger partial charge in [0, 0.05) is 24.3 Å². The van der Waals surface area contributed by atoms with Gasteiger partial charge in [-0.2, -0.15) is 0 Å². The molecule has 6 heteroatoms. The highest BCUT2D eigenvalue weighted by atomic mass is 16.3. The molecule has 2 aromatic rings. The summed E-state index contributed by atoms with van der Waals surface area (Å²) in [5, 5.41) is 5.83. The van der Waals surface area contributed by atoms with Crippen LogP contribution in [0, 0.1) is 0 Å². The summed E-state index contributed by atoms with van der Waals surface area (Å²) in [7, 11) is 0. The summed E-state index contributed by atoms with van der Waals surface area (Å²) in [5.41, 5.74) is 1.21. The van der Waals surface area contributed by atoms with Crippen LogP contribution in [0.3, 0.4) is 0 Å². The first-order chi connectivity index (χ1) is 12.6. The van der Waals surface area contributed by atoms with Gasteiger partial charge in [-0.15, -0.1) is 0 Å². The Labute approximate surface area is 154 Å². The topological polar surface area (TPSA) is 74.6 Å². The fourth-order valence-electron chi connectivity index (χ4n) is 2.68. The number of nitrogens with one attached hydrogen (secondary N) is 2. The first kappa shape index (κ1) is 19.7. The molecule has 6 nitrogen and oxygen atoms in total. The summed E-state index contributed by atoms with van der Waals surface area (Å²) in [5.74, 6) is 0.609. The van der Waals surface area contributed by atoms with Crippen molar-refractivity contribution in [1.29, 1.82) is 0 Å². The first-order valence-corrected chi connectivity index (χ1v) is 9.06. The van der Waals surface area contributed by atoms with E-state index in [0.29, 0.717) is 17.8 Å². The van der Waals surface area contributed by atoms with Crippen LogP contribution in [0.5, 0.6) is 0 Å². The van der Waals surface area contributed by atoms with E-state index in [1.54, 1.807) is 36.6 Å². The maximum Gasteiger partial charge on any atom is 0.253 e. The number of benzene rings is 1. The zero-order chi connectivity index (χ0) is 18.8. The number of rotatable bonds is 10. The van der Waals surface area contributed by atoms with Crippen molar-refractivity contribution in [1.82, 2.24) is 10.2 Å². The van der Waals surface area contributed by atoms with Crippen molar-refractivity contribution in [3.8, 4) is 0 Å². The molecular formula is C20H27N3O3. The van der Waals surface area contributed by atoms with E-state index < -0.39 is 0 Å². The first-order valence-electron chi connectivity index (χ1n) is 9.06. The van der Waals surface area contributed by atoms with Gasteiger partial charge >= 0.3 is 0 Å². The van der Waals surface area contributed by atoms with Crippen LogP contribution in [0.4, 0.5) is 5.69 Å². The average Bonchev–Trinajstić information content (AvgIpc) is 3.14. The molecule has 1 aromatic carbocycles. The van der Waals surface area contributed by atoms with Gasteiger partial charge in [-0.3, -0.25) is 9.59 Å². The highest BCUT2D eigenvalue weighted by Crippen LogP contribution is 2.13. The summed E-state index contributed by atoms with van der Waals surface area (Å²) in [6.45, 7) is 6.24. The van der Waals surface area contributed by atoms with Gasteiger partial charge in [-0.25, -0.2) is 0 Å². The van der Waals surface area contributed by atoms with Crippen molar-refractivity contribution in [2.24, 2.45) is 0 Å². The molecule has 0 radical (unpaired) electrons. The van der Waals surface area contributed by atoms with Crippen LogP contribution < -0.4 is 10.6 Å². The molecule has 0 spiro atoms. The van der Waals surface area contributed by atoms with E-state index in [2.05, 4.69) is 24.5 Å². The lowest BCUT2D eigenvalue weighted by Gasteiger charge is -2.21. The Hall–Kier alpha value is -2.60. The van der Waals surface area contributed by atoms with E-state index in [9.17, 15) is 9.59 Å². The maximum atomic E-state index is 12.7. The fourth-order valence-corrected chi connectivity index (χ4v) is 2.68. The molecule has 140 valence electrons. The number of anilines is 1. The van der Waals surface area contributed by atoms with Crippen molar-refractivity contribution < 1.29 is 14.0 Å². The number of carbonyl (C=O) groups excluding carboxylic acids is 2. The SMILES string of the molecule is CCCN(CCC)C(=O)c1cccc(NC(=O)CNCc2ccco2)c1. The number of hydrogen-bond acceptors (Lipinski definition) is 4. The molecule has 2 rings (SSSR count). The van der Waals surface area contributed by atoms with Gasteiger partial charge in [-0.1, -0.05) is 19.9 Å². The number of furan rings is 1. The molecule has 0 unspecified atom stereocenters. The zero-order valence-corrected chi connectivity index (χ0v) is 15.5. The molecule has 26 heavy (non-hydrogen) atoms. The molecule has 0 aliphatic rings. The van der Waals surface area contributed by atoms with Crippen molar-refractivity contribution in [3.63, 3.8) is 0 Å². The number of nitrogens with zero attached hydrogens (tertiary/aromatic N) is 1. The van der Waals surface area contributed by atoms with Gasteiger partial charge in [0.1, 0.15) is 5.76 Å². The molecule has 0 aliphatic heterocycles. The quantitative estimate of drug-likeness (QED) is 0.684. The van der Waals surface area contributed by atoms with Gasteiger partial charge in [0.2, 0.25) is 5.91 Å². The predicted molar refractivity (Wildman–Crippen MR) is 102 cm³/mol. The van der Waals surface area contributed by atoms with Crippen LogP contribution in [0.2, 0.25) is 0 Å². The van der Waals surface area contributed by atoms with Crippen LogP contribution in [-0.2, 0) is 11.3 Å². The lowest BCUT2D eigenvalue weighted by Crippen LogP contribution is -2.32.